The molecule has 2 heterocycles. The number of hydrogen-bond acceptors (Lipinski definition) is 5. The molecule has 0 saturated carbocycles. The van der Waals surface area contributed by atoms with E-state index in [0.29, 0.717) is 24.5 Å². The van der Waals surface area contributed by atoms with Crippen LogP contribution < -0.4 is 0 Å². The van der Waals surface area contributed by atoms with E-state index in [4.69, 9.17) is 12.2 Å². The maximum atomic E-state index is 12.8. The lowest BCUT2D eigenvalue weighted by Crippen LogP contribution is -2.55. The maximum absolute atomic E-state index is 12.8. The van der Waals surface area contributed by atoms with Crippen molar-refractivity contribution in [2.24, 2.45) is 0 Å². The molecule has 1 saturated heterocycles. The van der Waals surface area contributed by atoms with Crippen molar-refractivity contribution in [3.8, 4) is 5.69 Å². The Balaban J connectivity index is 2.03. The van der Waals surface area contributed by atoms with Crippen LogP contribution in [0.25, 0.3) is 11.8 Å². The van der Waals surface area contributed by atoms with Crippen LogP contribution in [0.5, 0.6) is 0 Å². The second-order valence-electron chi connectivity index (χ2n) is 6.02. The first kappa shape index (κ1) is 19.4. The van der Waals surface area contributed by atoms with Crippen molar-refractivity contribution < 1.29 is 14.5 Å². The van der Waals surface area contributed by atoms with Gasteiger partial charge in [-0.3, -0.25) is 29.5 Å². The Kier molecular flexibility index (Phi) is 5.36. The number of aromatic nitrogens is 1. The summed E-state index contributed by atoms with van der Waals surface area (Å²) in [6, 6.07) is 9.55. The summed E-state index contributed by atoms with van der Waals surface area (Å²) in [5, 5.41) is 11.1. The van der Waals surface area contributed by atoms with Gasteiger partial charge in [-0.1, -0.05) is 0 Å². The number of benzene rings is 1. The van der Waals surface area contributed by atoms with E-state index < -0.39 is 16.7 Å². The molecule has 0 radical (unpaired) electrons. The highest BCUT2D eigenvalue weighted by Gasteiger charge is 2.37. The molecular weight excluding hydrogens is 380 g/mol. The van der Waals surface area contributed by atoms with Gasteiger partial charge in [-0.2, -0.15) is 0 Å². The predicted octanol–water partition coefficient (Wildman–Crippen LogP) is 2.76. The second kappa shape index (κ2) is 7.73. The van der Waals surface area contributed by atoms with Crippen LogP contribution in [0.1, 0.15) is 19.5 Å². The smallest absolute Gasteiger partial charge is 0.269 e. The molecule has 1 aromatic carbocycles. The maximum Gasteiger partial charge on any atom is 0.269 e. The topological polar surface area (TPSA) is 88.7 Å². The fraction of sp³-hybridized carbons (Fsp3) is 0.211. The summed E-state index contributed by atoms with van der Waals surface area (Å²) >= 11 is 5.26. The van der Waals surface area contributed by atoms with Crippen molar-refractivity contribution in [3.05, 3.63) is 64.0 Å². The fourth-order valence-electron chi connectivity index (χ4n) is 3.01. The molecule has 0 N–H and O–H groups in total. The number of hydrogen-bond donors (Lipinski definition) is 0. The van der Waals surface area contributed by atoms with Gasteiger partial charge in [0.15, 0.2) is 5.11 Å². The molecule has 1 aromatic heterocycles. The molecule has 28 heavy (non-hydrogen) atoms. The van der Waals surface area contributed by atoms with Crippen LogP contribution in [0.3, 0.4) is 0 Å². The summed E-state index contributed by atoms with van der Waals surface area (Å²) in [5.41, 5.74) is 1.29. The van der Waals surface area contributed by atoms with E-state index in [1.54, 1.807) is 48.9 Å². The normalized spacial score (nSPS) is 14.6. The molecule has 3 rings (SSSR count). The Labute approximate surface area is 166 Å². The largest absolute Gasteiger partial charge is 0.317 e. The molecule has 0 atom stereocenters. The molecule has 0 unspecified atom stereocenters. The molecule has 2 aromatic rings. The van der Waals surface area contributed by atoms with E-state index in [9.17, 15) is 19.7 Å². The third-order valence-corrected chi connectivity index (χ3v) is 4.90. The Hall–Kier alpha value is -3.33. The summed E-state index contributed by atoms with van der Waals surface area (Å²) in [4.78, 5) is 38.7. The van der Waals surface area contributed by atoms with Crippen LogP contribution in [0.4, 0.5) is 5.69 Å². The summed E-state index contributed by atoms with van der Waals surface area (Å²) in [5.74, 6) is -0.864. The van der Waals surface area contributed by atoms with Crippen molar-refractivity contribution in [1.82, 2.24) is 14.4 Å². The fourth-order valence-corrected chi connectivity index (χ4v) is 3.44. The highest BCUT2D eigenvalue weighted by atomic mass is 32.1. The van der Waals surface area contributed by atoms with Crippen molar-refractivity contribution in [3.63, 3.8) is 0 Å². The second-order valence-corrected chi connectivity index (χ2v) is 6.38. The van der Waals surface area contributed by atoms with Crippen LogP contribution in [-0.4, -0.2) is 49.3 Å². The minimum atomic E-state index is -0.469. The van der Waals surface area contributed by atoms with E-state index in [0.717, 1.165) is 0 Å². The van der Waals surface area contributed by atoms with Crippen molar-refractivity contribution in [2.75, 3.05) is 13.1 Å². The molecule has 144 valence electrons. The molecular formula is C19H18N4O4S. The van der Waals surface area contributed by atoms with Crippen molar-refractivity contribution in [1.29, 1.82) is 0 Å². The van der Waals surface area contributed by atoms with Gasteiger partial charge < -0.3 is 4.57 Å². The predicted molar refractivity (Wildman–Crippen MR) is 108 cm³/mol. The Bertz CT molecular complexity index is 966. The van der Waals surface area contributed by atoms with E-state index in [1.165, 1.54) is 28.0 Å². The first-order chi connectivity index (χ1) is 13.4. The van der Waals surface area contributed by atoms with Crippen LogP contribution in [0.15, 0.2) is 48.2 Å². The number of rotatable bonds is 5. The minimum absolute atomic E-state index is 0.0147. The van der Waals surface area contributed by atoms with Gasteiger partial charge in [0.2, 0.25) is 0 Å². The van der Waals surface area contributed by atoms with Gasteiger partial charge in [0, 0.05) is 42.8 Å². The van der Waals surface area contributed by atoms with Gasteiger partial charge in [0.25, 0.3) is 17.5 Å². The Morgan fingerprint density at radius 2 is 1.61 bits per heavy atom. The van der Waals surface area contributed by atoms with Crippen LogP contribution >= 0.6 is 12.2 Å². The average molecular weight is 398 g/mol. The lowest BCUT2D eigenvalue weighted by atomic mass is 10.1. The molecule has 0 aliphatic carbocycles. The average Bonchev–Trinajstić information content (AvgIpc) is 3.14. The summed E-state index contributed by atoms with van der Waals surface area (Å²) < 4.78 is 1.75. The summed E-state index contributed by atoms with van der Waals surface area (Å²) in [7, 11) is 0. The zero-order valence-corrected chi connectivity index (χ0v) is 16.2. The number of non-ortho nitro benzene ring substituents is 1. The molecule has 1 aliphatic heterocycles. The van der Waals surface area contributed by atoms with E-state index in [2.05, 4.69) is 0 Å². The molecule has 0 spiro atoms. The van der Waals surface area contributed by atoms with Crippen molar-refractivity contribution in [2.45, 2.75) is 13.8 Å². The van der Waals surface area contributed by atoms with Gasteiger partial charge in [-0.05, 0) is 56.4 Å². The minimum Gasteiger partial charge on any atom is -0.317 e. The SMILES string of the molecule is CCN1C(=O)C(=Cc2cccn2-c2ccc([N+](=O)[O-])cc2)C(=O)N(CC)C1=S. The standard InChI is InChI=1S/C19H18N4O4S/c1-3-20-17(24)16(18(25)21(4-2)19(20)28)12-15-6-5-11-22(15)13-7-9-14(10-8-13)23(26)27/h5-12H,3-4H2,1-2H3. The quantitative estimate of drug-likeness (QED) is 0.254. The zero-order chi connectivity index (χ0) is 20.4. The number of carbonyl (C=O) groups is 2. The number of nitrogens with zero attached hydrogens (tertiary/aromatic N) is 4. The lowest BCUT2D eigenvalue weighted by Gasteiger charge is -2.35. The monoisotopic (exact) mass is 398 g/mol. The highest BCUT2D eigenvalue weighted by Crippen LogP contribution is 2.23. The third kappa shape index (κ3) is 3.31. The summed E-state index contributed by atoms with van der Waals surface area (Å²) in [6.07, 6.45) is 3.28. The first-order valence-electron chi connectivity index (χ1n) is 8.70. The van der Waals surface area contributed by atoms with Gasteiger partial charge >= 0.3 is 0 Å². The van der Waals surface area contributed by atoms with Gasteiger partial charge in [0.05, 0.1) is 4.92 Å². The summed E-state index contributed by atoms with van der Waals surface area (Å²) in [6.45, 7) is 4.32. The number of amides is 2. The van der Waals surface area contributed by atoms with Crippen LogP contribution in [0, 0.1) is 10.1 Å². The van der Waals surface area contributed by atoms with Gasteiger partial charge in [-0.15, -0.1) is 0 Å². The zero-order valence-electron chi connectivity index (χ0n) is 15.4. The van der Waals surface area contributed by atoms with E-state index in [-0.39, 0.29) is 16.4 Å². The first-order valence-corrected chi connectivity index (χ1v) is 9.11. The van der Waals surface area contributed by atoms with Gasteiger partial charge in [-0.25, -0.2) is 0 Å². The molecule has 9 heteroatoms. The number of nitro groups is 1. The third-order valence-electron chi connectivity index (χ3n) is 4.46. The van der Waals surface area contributed by atoms with E-state index in [1.807, 2.05) is 0 Å². The molecule has 1 aliphatic rings. The number of carbonyl (C=O) groups excluding carboxylic acids is 2. The molecule has 8 nitrogen and oxygen atoms in total. The Morgan fingerprint density at radius 1 is 1.04 bits per heavy atom. The van der Waals surface area contributed by atoms with Crippen LogP contribution in [0.2, 0.25) is 0 Å². The number of thiocarbonyl (C=S) groups is 1. The number of likely N-dealkylation sites (N-methyl/N-ethyl adjacent to an activating group) is 2. The van der Waals surface area contributed by atoms with Crippen LogP contribution in [-0.2, 0) is 9.59 Å². The molecule has 1 fully saturated rings. The van der Waals surface area contributed by atoms with Crippen molar-refractivity contribution >= 4 is 40.9 Å². The van der Waals surface area contributed by atoms with E-state index >= 15 is 0 Å². The molecule has 0 bridgehead atoms. The van der Waals surface area contributed by atoms with Gasteiger partial charge in [0.1, 0.15) is 5.57 Å². The highest BCUT2D eigenvalue weighted by molar-refractivity contribution is 7.80. The Morgan fingerprint density at radius 3 is 2.11 bits per heavy atom. The molecule has 2 amide bonds. The number of nitro benzene ring substituents is 1. The lowest BCUT2D eigenvalue weighted by molar-refractivity contribution is -0.384.